The van der Waals surface area contributed by atoms with E-state index in [0.717, 1.165) is 5.56 Å². The number of benzene rings is 1. The predicted octanol–water partition coefficient (Wildman–Crippen LogP) is 1.62. The maximum absolute atomic E-state index is 11.5. The first kappa shape index (κ1) is 12.2. The Bertz CT molecular complexity index is 399. The second-order valence-corrected chi connectivity index (χ2v) is 3.86. The quantitative estimate of drug-likeness (QED) is 0.812. The third kappa shape index (κ3) is 3.38. The SMILES string of the molecule is CC(C)c1cccc(C(=O)NCC(=O)O)c1. The molecule has 86 valence electrons. The highest BCUT2D eigenvalue weighted by Crippen LogP contribution is 2.15. The van der Waals surface area contributed by atoms with Crippen LogP contribution in [0.25, 0.3) is 0 Å². The van der Waals surface area contributed by atoms with Crippen LogP contribution in [-0.2, 0) is 4.79 Å². The first-order chi connectivity index (χ1) is 7.50. The van der Waals surface area contributed by atoms with Gasteiger partial charge in [0.1, 0.15) is 6.54 Å². The molecule has 0 aliphatic rings. The number of carbonyl (C=O) groups is 2. The Labute approximate surface area is 94.3 Å². The molecule has 0 atom stereocenters. The molecule has 0 bridgehead atoms. The van der Waals surface area contributed by atoms with Crippen LogP contribution in [0, 0.1) is 0 Å². The Morgan fingerprint density at radius 3 is 2.62 bits per heavy atom. The highest BCUT2D eigenvalue weighted by Gasteiger charge is 2.08. The molecule has 1 rings (SSSR count). The predicted molar refractivity (Wildman–Crippen MR) is 60.5 cm³/mol. The lowest BCUT2D eigenvalue weighted by atomic mass is 10.0. The van der Waals surface area contributed by atoms with Crippen molar-refractivity contribution in [3.63, 3.8) is 0 Å². The van der Waals surface area contributed by atoms with Crippen LogP contribution in [0.4, 0.5) is 0 Å². The number of amides is 1. The van der Waals surface area contributed by atoms with Gasteiger partial charge in [-0.3, -0.25) is 9.59 Å². The standard InChI is InChI=1S/C12H15NO3/c1-8(2)9-4-3-5-10(6-9)12(16)13-7-11(14)15/h3-6,8H,7H2,1-2H3,(H,13,16)(H,14,15). The molecule has 0 unspecified atom stereocenters. The molecular weight excluding hydrogens is 206 g/mol. The van der Waals surface area contributed by atoms with E-state index in [2.05, 4.69) is 5.32 Å². The zero-order valence-electron chi connectivity index (χ0n) is 9.36. The van der Waals surface area contributed by atoms with Crippen LogP contribution in [0.1, 0.15) is 35.7 Å². The van der Waals surface area contributed by atoms with Gasteiger partial charge in [-0.15, -0.1) is 0 Å². The molecule has 0 aromatic heterocycles. The third-order valence-electron chi connectivity index (χ3n) is 2.22. The number of carbonyl (C=O) groups excluding carboxylic acids is 1. The van der Waals surface area contributed by atoms with Crippen LogP contribution >= 0.6 is 0 Å². The second kappa shape index (κ2) is 5.30. The lowest BCUT2D eigenvalue weighted by molar-refractivity contribution is -0.135. The average molecular weight is 221 g/mol. The van der Waals surface area contributed by atoms with E-state index in [4.69, 9.17) is 5.11 Å². The van der Waals surface area contributed by atoms with Gasteiger partial charge in [0.15, 0.2) is 0 Å². The van der Waals surface area contributed by atoms with E-state index >= 15 is 0 Å². The van der Waals surface area contributed by atoms with Crippen molar-refractivity contribution >= 4 is 11.9 Å². The highest BCUT2D eigenvalue weighted by molar-refractivity contribution is 5.95. The smallest absolute Gasteiger partial charge is 0.322 e. The molecule has 2 N–H and O–H groups in total. The molecule has 0 aliphatic carbocycles. The van der Waals surface area contributed by atoms with Crippen LogP contribution in [0.2, 0.25) is 0 Å². The molecular formula is C12H15NO3. The van der Waals surface area contributed by atoms with E-state index in [1.165, 1.54) is 0 Å². The van der Waals surface area contributed by atoms with Gasteiger partial charge < -0.3 is 10.4 Å². The largest absolute Gasteiger partial charge is 0.480 e. The molecule has 1 aromatic rings. The lowest BCUT2D eigenvalue weighted by Gasteiger charge is -2.07. The number of nitrogens with one attached hydrogen (secondary N) is 1. The fourth-order valence-electron chi connectivity index (χ4n) is 1.30. The van der Waals surface area contributed by atoms with Gasteiger partial charge in [0, 0.05) is 5.56 Å². The van der Waals surface area contributed by atoms with Gasteiger partial charge in [-0.05, 0) is 23.6 Å². The molecule has 0 saturated carbocycles. The molecule has 0 spiro atoms. The summed E-state index contributed by atoms with van der Waals surface area (Å²) in [7, 11) is 0. The zero-order chi connectivity index (χ0) is 12.1. The van der Waals surface area contributed by atoms with E-state index in [9.17, 15) is 9.59 Å². The number of aliphatic carboxylic acids is 1. The van der Waals surface area contributed by atoms with Gasteiger partial charge in [-0.25, -0.2) is 0 Å². The first-order valence-corrected chi connectivity index (χ1v) is 5.10. The molecule has 16 heavy (non-hydrogen) atoms. The number of rotatable bonds is 4. The summed E-state index contributed by atoms with van der Waals surface area (Å²) >= 11 is 0. The summed E-state index contributed by atoms with van der Waals surface area (Å²) in [5.74, 6) is -1.06. The molecule has 4 nitrogen and oxygen atoms in total. The summed E-state index contributed by atoms with van der Waals surface area (Å²) < 4.78 is 0. The Hall–Kier alpha value is -1.84. The fraction of sp³-hybridized carbons (Fsp3) is 0.333. The molecule has 0 aliphatic heterocycles. The van der Waals surface area contributed by atoms with Crippen molar-refractivity contribution in [2.24, 2.45) is 0 Å². The van der Waals surface area contributed by atoms with E-state index in [1.807, 2.05) is 19.9 Å². The van der Waals surface area contributed by atoms with Crippen LogP contribution < -0.4 is 5.32 Å². The number of hydrogen-bond donors (Lipinski definition) is 2. The van der Waals surface area contributed by atoms with Crippen LogP contribution in [0.5, 0.6) is 0 Å². The molecule has 0 fully saturated rings. The van der Waals surface area contributed by atoms with Crippen molar-refractivity contribution in [3.8, 4) is 0 Å². The van der Waals surface area contributed by atoms with Gasteiger partial charge >= 0.3 is 5.97 Å². The summed E-state index contributed by atoms with van der Waals surface area (Å²) in [6, 6.07) is 7.19. The van der Waals surface area contributed by atoms with E-state index in [-0.39, 0.29) is 12.5 Å². The van der Waals surface area contributed by atoms with E-state index in [0.29, 0.717) is 11.5 Å². The van der Waals surface area contributed by atoms with Crippen molar-refractivity contribution < 1.29 is 14.7 Å². The zero-order valence-corrected chi connectivity index (χ0v) is 9.36. The Morgan fingerprint density at radius 1 is 1.38 bits per heavy atom. The fourth-order valence-corrected chi connectivity index (χ4v) is 1.30. The Kier molecular flexibility index (Phi) is 4.05. The molecule has 0 saturated heterocycles. The summed E-state index contributed by atoms with van der Waals surface area (Å²) in [5, 5.41) is 10.8. The summed E-state index contributed by atoms with van der Waals surface area (Å²) in [6.45, 7) is 3.72. The number of carboxylic acids is 1. The van der Waals surface area contributed by atoms with Gasteiger partial charge in [-0.1, -0.05) is 26.0 Å². The molecule has 0 radical (unpaired) electrons. The summed E-state index contributed by atoms with van der Waals surface area (Å²) in [4.78, 5) is 21.8. The van der Waals surface area contributed by atoms with Crippen LogP contribution in [0.15, 0.2) is 24.3 Å². The highest BCUT2D eigenvalue weighted by atomic mass is 16.4. The molecule has 0 heterocycles. The Morgan fingerprint density at radius 2 is 2.06 bits per heavy atom. The van der Waals surface area contributed by atoms with E-state index in [1.54, 1.807) is 18.2 Å². The second-order valence-electron chi connectivity index (χ2n) is 3.86. The topological polar surface area (TPSA) is 66.4 Å². The molecule has 1 aromatic carbocycles. The van der Waals surface area contributed by atoms with E-state index < -0.39 is 5.97 Å². The number of carboxylic acid groups (broad SMARTS) is 1. The maximum Gasteiger partial charge on any atom is 0.322 e. The minimum Gasteiger partial charge on any atom is -0.480 e. The van der Waals surface area contributed by atoms with Gasteiger partial charge in [0.2, 0.25) is 0 Å². The van der Waals surface area contributed by atoms with Gasteiger partial charge in [0.25, 0.3) is 5.91 Å². The number of hydrogen-bond acceptors (Lipinski definition) is 2. The lowest BCUT2D eigenvalue weighted by Crippen LogP contribution is -2.29. The minimum atomic E-state index is -1.05. The molecule has 1 amide bonds. The summed E-state index contributed by atoms with van der Waals surface area (Å²) in [5.41, 5.74) is 1.55. The van der Waals surface area contributed by atoms with Gasteiger partial charge in [0.05, 0.1) is 0 Å². The first-order valence-electron chi connectivity index (χ1n) is 5.10. The van der Waals surface area contributed by atoms with Crippen LogP contribution in [0.3, 0.4) is 0 Å². The monoisotopic (exact) mass is 221 g/mol. The normalized spacial score (nSPS) is 10.2. The molecule has 4 heteroatoms. The summed E-state index contributed by atoms with van der Waals surface area (Å²) in [6.07, 6.45) is 0. The van der Waals surface area contributed by atoms with Crippen molar-refractivity contribution in [3.05, 3.63) is 35.4 Å². The van der Waals surface area contributed by atoms with Crippen molar-refractivity contribution in [1.82, 2.24) is 5.32 Å². The average Bonchev–Trinajstić information content (AvgIpc) is 2.26. The van der Waals surface area contributed by atoms with Crippen molar-refractivity contribution in [2.45, 2.75) is 19.8 Å². The Balaban J connectivity index is 2.75. The van der Waals surface area contributed by atoms with Crippen molar-refractivity contribution in [2.75, 3.05) is 6.54 Å². The van der Waals surface area contributed by atoms with Crippen molar-refractivity contribution in [1.29, 1.82) is 0 Å². The van der Waals surface area contributed by atoms with Gasteiger partial charge in [-0.2, -0.15) is 0 Å². The van der Waals surface area contributed by atoms with Crippen LogP contribution in [-0.4, -0.2) is 23.5 Å². The third-order valence-corrected chi connectivity index (χ3v) is 2.22. The minimum absolute atomic E-state index is 0.340. The maximum atomic E-state index is 11.5.